The topological polar surface area (TPSA) is 142 Å². The van der Waals surface area contributed by atoms with Crippen LogP contribution in [0.4, 0.5) is 5.95 Å². The minimum Gasteiger partial charge on any atom is -0.342 e. The van der Waals surface area contributed by atoms with E-state index in [4.69, 9.17) is 10.7 Å². The van der Waals surface area contributed by atoms with Crippen molar-refractivity contribution in [1.82, 2.24) is 34.8 Å². The van der Waals surface area contributed by atoms with E-state index in [0.29, 0.717) is 25.0 Å². The van der Waals surface area contributed by atoms with Crippen molar-refractivity contribution in [1.29, 1.82) is 0 Å². The molecule has 1 amide bonds. The van der Waals surface area contributed by atoms with E-state index in [1.807, 2.05) is 31.1 Å². The molecule has 0 saturated carbocycles. The van der Waals surface area contributed by atoms with Crippen molar-refractivity contribution in [3.05, 3.63) is 91.0 Å². The summed E-state index contributed by atoms with van der Waals surface area (Å²) in [5.74, 6) is 2.75. The van der Waals surface area contributed by atoms with E-state index in [1.54, 1.807) is 18.5 Å². The number of aromatic amines is 2. The van der Waals surface area contributed by atoms with E-state index in [1.165, 1.54) is 0 Å². The summed E-state index contributed by atoms with van der Waals surface area (Å²) in [7, 11) is 0. The summed E-state index contributed by atoms with van der Waals surface area (Å²) in [6, 6.07) is 18.3. The number of anilines is 1. The zero-order valence-corrected chi connectivity index (χ0v) is 26.8. The van der Waals surface area contributed by atoms with Gasteiger partial charge in [-0.3, -0.25) is 4.79 Å². The molecule has 0 bridgehead atoms. The third kappa shape index (κ3) is 6.87. The lowest BCUT2D eigenvalue weighted by Crippen LogP contribution is -2.45. The van der Waals surface area contributed by atoms with Crippen LogP contribution in [0, 0.1) is 5.92 Å². The Kier molecular flexibility index (Phi) is 9.54. The molecule has 1 saturated heterocycles. The third-order valence-corrected chi connectivity index (χ3v) is 8.86. The van der Waals surface area contributed by atoms with Gasteiger partial charge in [0.25, 0.3) is 0 Å². The minimum atomic E-state index is -0.425. The predicted octanol–water partition coefficient (Wildman–Crippen LogP) is 6.57. The van der Waals surface area contributed by atoms with E-state index in [2.05, 4.69) is 85.7 Å². The second kappa shape index (κ2) is 14.1. The molecule has 5 aromatic rings. The SMILES string of the molecule is CC(C)[C@H](Nc1ncccn1)C(=O)N1CCC[C@H]1c1ncc(-c2ccc(-c3ccc(-c4cnc([C@@H](C)CCCN)[nH]4)cc3)cc2)[nH]1. The lowest BCUT2D eigenvalue weighted by Gasteiger charge is -2.30. The van der Waals surface area contributed by atoms with E-state index >= 15 is 0 Å². The molecule has 238 valence electrons. The first kappa shape index (κ1) is 31.2. The van der Waals surface area contributed by atoms with Crippen LogP contribution in [-0.2, 0) is 4.79 Å². The highest BCUT2D eigenvalue weighted by atomic mass is 16.2. The maximum Gasteiger partial charge on any atom is 0.246 e. The molecular formula is C36H43N9O. The second-order valence-electron chi connectivity index (χ2n) is 12.5. The van der Waals surface area contributed by atoms with Gasteiger partial charge in [0.2, 0.25) is 11.9 Å². The van der Waals surface area contributed by atoms with Gasteiger partial charge in [0, 0.05) is 24.9 Å². The molecule has 0 aliphatic carbocycles. The predicted molar refractivity (Wildman–Crippen MR) is 182 cm³/mol. The molecule has 10 heteroatoms. The molecule has 3 atom stereocenters. The monoisotopic (exact) mass is 617 g/mol. The van der Waals surface area contributed by atoms with Gasteiger partial charge in [-0.2, -0.15) is 0 Å². The first-order chi connectivity index (χ1) is 22.4. The molecule has 1 aliphatic rings. The lowest BCUT2D eigenvalue weighted by molar-refractivity contribution is -0.134. The number of imidazole rings is 2. The van der Waals surface area contributed by atoms with Crippen LogP contribution in [0.1, 0.15) is 70.1 Å². The fraction of sp³-hybridized carbons (Fsp3) is 0.361. The van der Waals surface area contributed by atoms with Crippen LogP contribution in [0.15, 0.2) is 79.4 Å². The average Bonchev–Trinajstić information content (AvgIpc) is 3.88. The highest BCUT2D eigenvalue weighted by Crippen LogP contribution is 2.34. The molecule has 1 aliphatic heterocycles. The number of H-pyrrole nitrogens is 2. The summed E-state index contributed by atoms with van der Waals surface area (Å²) in [5, 5.41) is 3.25. The molecule has 0 radical (unpaired) electrons. The zero-order valence-electron chi connectivity index (χ0n) is 26.8. The average molecular weight is 618 g/mol. The lowest BCUT2D eigenvalue weighted by atomic mass is 10.0. The van der Waals surface area contributed by atoms with Crippen molar-refractivity contribution < 1.29 is 4.79 Å². The Balaban J connectivity index is 1.12. The molecule has 5 N–H and O–H groups in total. The van der Waals surface area contributed by atoms with Gasteiger partial charge in [-0.1, -0.05) is 69.3 Å². The van der Waals surface area contributed by atoms with Gasteiger partial charge in [0.05, 0.1) is 29.8 Å². The number of carbonyl (C=O) groups is 1. The van der Waals surface area contributed by atoms with Crippen molar-refractivity contribution in [2.75, 3.05) is 18.4 Å². The van der Waals surface area contributed by atoms with Gasteiger partial charge in [-0.25, -0.2) is 19.9 Å². The highest BCUT2D eigenvalue weighted by molar-refractivity contribution is 5.85. The third-order valence-electron chi connectivity index (χ3n) is 8.86. The first-order valence-electron chi connectivity index (χ1n) is 16.3. The Morgan fingerprint density at radius 2 is 1.50 bits per heavy atom. The summed E-state index contributed by atoms with van der Waals surface area (Å²) < 4.78 is 0. The zero-order chi connectivity index (χ0) is 32.0. The van der Waals surface area contributed by atoms with Gasteiger partial charge in [0.1, 0.15) is 17.7 Å². The van der Waals surface area contributed by atoms with Crippen LogP contribution < -0.4 is 11.1 Å². The normalized spacial score (nSPS) is 16.1. The van der Waals surface area contributed by atoms with Gasteiger partial charge >= 0.3 is 0 Å². The van der Waals surface area contributed by atoms with Crippen molar-refractivity contribution >= 4 is 11.9 Å². The summed E-state index contributed by atoms with van der Waals surface area (Å²) in [6.07, 6.45) is 10.9. The maximum atomic E-state index is 13.7. The Bertz CT molecular complexity index is 1710. The molecule has 3 aromatic heterocycles. The Morgan fingerprint density at radius 3 is 2.13 bits per heavy atom. The Labute approximate surface area is 270 Å². The second-order valence-corrected chi connectivity index (χ2v) is 12.5. The van der Waals surface area contributed by atoms with Gasteiger partial charge in [-0.15, -0.1) is 0 Å². The summed E-state index contributed by atoms with van der Waals surface area (Å²) in [5.41, 5.74) is 12.1. The molecule has 46 heavy (non-hydrogen) atoms. The fourth-order valence-corrected chi connectivity index (χ4v) is 6.15. The first-order valence-corrected chi connectivity index (χ1v) is 16.3. The van der Waals surface area contributed by atoms with Gasteiger partial charge < -0.3 is 25.9 Å². The molecule has 6 rings (SSSR count). The van der Waals surface area contributed by atoms with E-state index in [0.717, 1.165) is 71.0 Å². The number of hydrogen-bond acceptors (Lipinski definition) is 7. The minimum absolute atomic E-state index is 0.0447. The summed E-state index contributed by atoms with van der Waals surface area (Å²) in [6.45, 7) is 7.66. The van der Waals surface area contributed by atoms with Crippen LogP contribution in [-0.4, -0.2) is 59.8 Å². The summed E-state index contributed by atoms with van der Waals surface area (Å²) >= 11 is 0. The number of nitrogens with two attached hydrogens (primary N) is 1. The number of nitrogens with zero attached hydrogens (tertiary/aromatic N) is 5. The Morgan fingerprint density at radius 1 is 0.891 bits per heavy atom. The molecule has 4 heterocycles. The van der Waals surface area contributed by atoms with E-state index in [9.17, 15) is 4.79 Å². The van der Waals surface area contributed by atoms with Crippen molar-refractivity contribution in [3.63, 3.8) is 0 Å². The van der Waals surface area contributed by atoms with Crippen LogP contribution >= 0.6 is 0 Å². The van der Waals surface area contributed by atoms with Gasteiger partial charge in [0.15, 0.2) is 0 Å². The van der Waals surface area contributed by atoms with Crippen molar-refractivity contribution in [3.8, 4) is 33.6 Å². The van der Waals surface area contributed by atoms with Crippen molar-refractivity contribution in [2.24, 2.45) is 11.7 Å². The van der Waals surface area contributed by atoms with Crippen LogP contribution in [0.25, 0.3) is 33.6 Å². The number of hydrogen-bond donors (Lipinski definition) is 4. The van der Waals surface area contributed by atoms with E-state index in [-0.39, 0.29) is 17.9 Å². The standard InChI is InChI=1S/C36H43N9O/c1-23(2)32(44-36-38-18-6-19-39-36)35(46)45-20-5-8-31(45)34-41-22-30(43-34)28-15-11-26(12-16-28)25-9-13-27(14-10-25)29-21-40-33(42-29)24(3)7-4-17-37/h6,9-16,18-19,21-24,31-32H,4-5,7-8,17,20,37H2,1-3H3,(H,40,42)(H,41,43)(H,38,39,44)/t24-,31-,32-/m0/s1. The largest absolute Gasteiger partial charge is 0.342 e. The number of rotatable bonds is 12. The molecular weight excluding hydrogens is 574 g/mol. The molecule has 10 nitrogen and oxygen atoms in total. The molecule has 2 aromatic carbocycles. The van der Waals surface area contributed by atoms with Crippen LogP contribution in [0.2, 0.25) is 0 Å². The van der Waals surface area contributed by atoms with Crippen LogP contribution in [0.5, 0.6) is 0 Å². The quantitative estimate of drug-likeness (QED) is 0.124. The number of benzene rings is 2. The number of carbonyl (C=O) groups excluding carboxylic acids is 1. The van der Waals surface area contributed by atoms with E-state index < -0.39 is 6.04 Å². The molecule has 1 fully saturated rings. The number of aromatic nitrogens is 6. The maximum absolute atomic E-state index is 13.7. The van der Waals surface area contributed by atoms with Crippen LogP contribution in [0.3, 0.4) is 0 Å². The number of amides is 1. The number of nitrogens with one attached hydrogen (secondary N) is 3. The summed E-state index contributed by atoms with van der Waals surface area (Å²) in [4.78, 5) is 40.5. The highest BCUT2D eigenvalue weighted by Gasteiger charge is 2.37. The van der Waals surface area contributed by atoms with Gasteiger partial charge in [-0.05, 0) is 66.5 Å². The molecule has 0 spiro atoms. The molecule has 0 unspecified atom stereocenters. The Hall–Kier alpha value is -4.83. The smallest absolute Gasteiger partial charge is 0.246 e. The fourth-order valence-electron chi connectivity index (χ4n) is 6.15. The van der Waals surface area contributed by atoms with Crippen molar-refractivity contribution in [2.45, 2.75) is 64.5 Å². The number of likely N-dealkylation sites (tertiary alicyclic amines) is 1.